The molecule has 0 bridgehead atoms. The summed E-state index contributed by atoms with van der Waals surface area (Å²) in [6.45, 7) is 2.18. The Morgan fingerprint density at radius 3 is 2.89 bits per heavy atom. The molecule has 2 atom stereocenters. The first kappa shape index (κ1) is 13.3. The summed E-state index contributed by atoms with van der Waals surface area (Å²) in [5.74, 6) is -1.68. The van der Waals surface area contributed by atoms with Gasteiger partial charge in [-0.3, -0.25) is 9.78 Å². The van der Waals surface area contributed by atoms with Crippen LogP contribution in [-0.4, -0.2) is 41.3 Å². The fourth-order valence-corrected chi connectivity index (χ4v) is 1.90. The van der Waals surface area contributed by atoms with Crippen LogP contribution in [0.4, 0.5) is 10.5 Å². The van der Waals surface area contributed by atoms with Crippen molar-refractivity contribution in [1.82, 2.24) is 10.3 Å². The molecule has 102 valence electrons. The van der Waals surface area contributed by atoms with E-state index in [0.717, 1.165) is 5.56 Å². The third kappa shape index (κ3) is 3.41. The molecule has 3 N–H and O–H groups in total. The lowest BCUT2D eigenvalue weighted by atomic mass is 10.0. The monoisotopic (exact) mass is 265 g/mol. The van der Waals surface area contributed by atoms with Crippen LogP contribution in [0.25, 0.3) is 0 Å². The second-order valence-corrected chi connectivity index (χ2v) is 4.44. The maximum absolute atomic E-state index is 11.7. The average Bonchev–Trinajstić information content (AvgIpc) is 2.76. The molecule has 0 radical (unpaired) electrons. The van der Waals surface area contributed by atoms with Crippen LogP contribution in [0, 0.1) is 12.8 Å². The summed E-state index contributed by atoms with van der Waals surface area (Å²) in [7, 11) is 0. The number of carboxylic acid groups (broad SMARTS) is 1. The first-order chi connectivity index (χ1) is 9.06. The van der Waals surface area contributed by atoms with Gasteiger partial charge < -0.3 is 20.5 Å². The lowest BCUT2D eigenvalue weighted by Crippen LogP contribution is -2.44. The van der Waals surface area contributed by atoms with Crippen LogP contribution < -0.4 is 10.6 Å². The highest BCUT2D eigenvalue weighted by Crippen LogP contribution is 2.14. The number of aryl methyl sites for hydroxylation is 1. The summed E-state index contributed by atoms with van der Waals surface area (Å²) in [5.41, 5.74) is 1.48. The van der Waals surface area contributed by atoms with Crippen LogP contribution in [0.5, 0.6) is 0 Å². The predicted molar refractivity (Wildman–Crippen MR) is 66.9 cm³/mol. The topological polar surface area (TPSA) is 101 Å². The largest absolute Gasteiger partial charge is 0.481 e. The Morgan fingerprint density at radius 2 is 2.21 bits per heavy atom. The van der Waals surface area contributed by atoms with Crippen LogP contribution in [0.1, 0.15) is 5.56 Å². The fraction of sp³-hybridized carbons (Fsp3) is 0.417. The van der Waals surface area contributed by atoms with Crippen molar-refractivity contribution < 1.29 is 19.4 Å². The number of carbonyl (C=O) groups is 2. The fourth-order valence-electron chi connectivity index (χ4n) is 1.90. The Morgan fingerprint density at radius 1 is 1.42 bits per heavy atom. The van der Waals surface area contributed by atoms with Gasteiger partial charge in [0.05, 0.1) is 31.1 Å². The number of nitrogens with zero attached hydrogens (tertiary/aromatic N) is 1. The predicted octanol–water partition coefficient (Wildman–Crippen LogP) is 0.611. The first-order valence-electron chi connectivity index (χ1n) is 5.86. The third-order valence-corrected chi connectivity index (χ3v) is 2.85. The zero-order valence-corrected chi connectivity index (χ0v) is 10.4. The van der Waals surface area contributed by atoms with Crippen molar-refractivity contribution in [3.8, 4) is 0 Å². The van der Waals surface area contributed by atoms with E-state index in [0.29, 0.717) is 5.69 Å². The summed E-state index contributed by atoms with van der Waals surface area (Å²) < 4.78 is 5.07. The summed E-state index contributed by atoms with van der Waals surface area (Å²) in [4.78, 5) is 26.6. The number of nitrogens with one attached hydrogen (secondary N) is 2. The van der Waals surface area contributed by atoms with Gasteiger partial charge in [0.1, 0.15) is 5.92 Å². The second-order valence-electron chi connectivity index (χ2n) is 4.44. The number of carboxylic acids is 1. The molecule has 1 aliphatic rings. The molecule has 19 heavy (non-hydrogen) atoms. The summed E-state index contributed by atoms with van der Waals surface area (Å²) in [6, 6.07) is 0.788. The molecule has 1 aromatic heterocycles. The van der Waals surface area contributed by atoms with Gasteiger partial charge in [-0.2, -0.15) is 0 Å². The molecule has 1 saturated heterocycles. The van der Waals surface area contributed by atoms with Gasteiger partial charge in [0.25, 0.3) is 0 Å². The highest BCUT2D eigenvalue weighted by molar-refractivity contribution is 5.89. The number of hydrogen-bond donors (Lipinski definition) is 3. The van der Waals surface area contributed by atoms with E-state index in [2.05, 4.69) is 15.6 Å². The van der Waals surface area contributed by atoms with Gasteiger partial charge in [-0.25, -0.2) is 4.79 Å². The first-order valence-corrected chi connectivity index (χ1v) is 5.86. The standard InChI is InChI=1S/C12H15N3O4/c1-7-2-8(4-13-3-7)14-12(18)15-10-6-19-5-9(10)11(16)17/h2-4,9-10H,5-6H2,1H3,(H,16,17)(H2,14,15,18). The Balaban J connectivity index is 1.92. The molecule has 7 heteroatoms. The number of anilines is 1. The normalized spacial score (nSPS) is 21.9. The molecule has 2 amide bonds. The smallest absolute Gasteiger partial charge is 0.319 e. The van der Waals surface area contributed by atoms with Gasteiger partial charge in [-0.05, 0) is 18.6 Å². The van der Waals surface area contributed by atoms with E-state index in [1.165, 1.54) is 6.20 Å². The molecule has 1 aliphatic heterocycles. The molecule has 7 nitrogen and oxygen atoms in total. The number of hydrogen-bond acceptors (Lipinski definition) is 4. The quantitative estimate of drug-likeness (QED) is 0.743. The summed E-state index contributed by atoms with van der Waals surface area (Å²) in [6.07, 6.45) is 3.20. The number of aromatic nitrogens is 1. The number of aliphatic carboxylic acids is 1. The van der Waals surface area contributed by atoms with Crippen LogP contribution >= 0.6 is 0 Å². The van der Waals surface area contributed by atoms with E-state index in [-0.39, 0.29) is 13.2 Å². The number of urea groups is 1. The lowest BCUT2D eigenvalue weighted by molar-refractivity contribution is -0.142. The van der Waals surface area contributed by atoms with Crippen molar-refractivity contribution in [2.24, 2.45) is 5.92 Å². The second kappa shape index (κ2) is 5.66. The maximum Gasteiger partial charge on any atom is 0.319 e. The van der Waals surface area contributed by atoms with E-state index in [9.17, 15) is 9.59 Å². The van der Waals surface area contributed by atoms with E-state index in [4.69, 9.17) is 9.84 Å². The zero-order valence-electron chi connectivity index (χ0n) is 10.4. The minimum Gasteiger partial charge on any atom is -0.481 e. The van der Waals surface area contributed by atoms with Crippen molar-refractivity contribution in [2.75, 3.05) is 18.5 Å². The van der Waals surface area contributed by atoms with Crippen LogP contribution in [0.3, 0.4) is 0 Å². The molecule has 2 unspecified atom stereocenters. The molecule has 1 aromatic rings. The van der Waals surface area contributed by atoms with Crippen molar-refractivity contribution >= 4 is 17.7 Å². The number of ether oxygens (including phenoxy) is 1. The van der Waals surface area contributed by atoms with Crippen molar-refractivity contribution in [3.63, 3.8) is 0 Å². The summed E-state index contributed by atoms with van der Waals surface area (Å²) in [5, 5.41) is 14.2. The average molecular weight is 265 g/mol. The van der Waals surface area contributed by atoms with Gasteiger partial charge in [0.15, 0.2) is 0 Å². The Hall–Kier alpha value is -2.15. The number of pyridine rings is 1. The van der Waals surface area contributed by atoms with Crippen LogP contribution in [-0.2, 0) is 9.53 Å². The van der Waals surface area contributed by atoms with Gasteiger partial charge in [0, 0.05) is 6.20 Å². The lowest BCUT2D eigenvalue weighted by Gasteiger charge is -2.16. The Labute approximate surface area is 110 Å². The zero-order chi connectivity index (χ0) is 13.8. The Kier molecular flexibility index (Phi) is 3.96. The van der Waals surface area contributed by atoms with Crippen LogP contribution in [0.15, 0.2) is 18.5 Å². The molecule has 0 aliphatic carbocycles. The molecule has 1 fully saturated rings. The molecular weight excluding hydrogens is 250 g/mol. The number of amides is 2. The number of rotatable bonds is 3. The van der Waals surface area contributed by atoms with Gasteiger partial charge in [0.2, 0.25) is 0 Å². The van der Waals surface area contributed by atoms with E-state index in [1.807, 2.05) is 6.92 Å². The van der Waals surface area contributed by atoms with E-state index < -0.39 is 24.0 Å². The molecular formula is C12H15N3O4. The van der Waals surface area contributed by atoms with Gasteiger partial charge >= 0.3 is 12.0 Å². The molecule has 2 heterocycles. The molecule has 2 rings (SSSR count). The SMILES string of the molecule is Cc1cncc(NC(=O)NC2COCC2C(=O)O)c1. The molecule has 0 spiro atoms. The van der Waals surface area contributed by atoms with Gasteiger partial charge in [-0.1, -0.05) is 0 Å². The van der Waals surface area contributed by atoms with Crippen molar-refractivity contribution in [3.05, 3.63) is 24.0 Å². The van der Waals surface area contributed by atoms with Gasteiger partial charge in [-0.15, -0.1) is 0 Å². The van der Waals surface area contributed by atoms with E-state index in [1.54, 1.807) is 12.3 Å². The molecule has 0 saturated carbocycles. The van der Waals surface area contributed by atoms with Crippen molar-refractivity contribution in [1.29, 1.82) is 0 Å². The van der Waals surface area contributed by atoms with Crippen molar-refractivity contribution in [2.45, 2.75) is 13.0 Å². The minimum atomic E-state index is -0.972. The number of carbonyl (C=O) groups excluding carboxylic acids is 1. The Bertz CT molecular complexity index is 492. The van der Waals surface area contributed by atoms with Crippen LogP contribution in [0.2, 0.25) is 0 Å². The molecule has 0 aromatic carbocycles. The maximum atomic E-state index is 11.7. The minimum absolute atomic E-state index is 0.117. The highest BCUT2D eigenvalue weighted by atomic mass is 16.5. The van der Waals surface area contributed by atoms with E-state index >= 15 is 0 Å². The third-order valence-electron chi connectivity index (χ3n) is 2.85. The highest BCUT2D eigenvalue weighted by Gasteiger charge is 2.35. The summed E-state index contributed by atoms with van der Waals surface area (Å²) >= 11 is 0.